The summed E-state index contributed by atoms with van der Waals surface area (Å²) >= 11 is 1.71. The summed E-state index contributed by atoms with van der Waals surface area (Å²) in [6.07, 6.45) is 4.60. The fourth-order valence-corrected chi connectivity index (χ4v) is 4.00. The molecule has 1 aromatic heterocycles. The van der Waals surface area contributed by atoms with E-state index in [2.05, 4.69) is 50.4 Å². The van der Waals surface area contributed by atoms with Gasteiger partial charge in [-0.05, 0) is 23.8 Å². The first kappa shape index (κ1) is 14.7. The predicted octanol–water partition coefficient (Wildman–Crippen LogP) is 4.84. The number of nitrogens with zero attached hydrogens (tertiary/aromatic N) is 1. The fourth-order valence-electron chi connectivity index (χ4n) is 3.00. The smallest absolute Gasteiger partial charge is 0.113 e. The molecule has 112 valence electrons. The molecule has 0 amide bonds. The zero-order valence-electron chi connectivity index (χ0n) is 13.1. The maximum Gasteiger partial charge on any atom is 0.113 e. The third-order valence-electron chi connectivity index (χ3n) is 4.47. The number of benzene rings is 1. The van der Waals surface area contributed by atoms with E-state index in [1.165, 1.54) is 24.0 Å². The van der Waals surface area contributed by atoms with Gasteiger partial charge in [0.2, 0.25) is 0 Å². The van der Waals surface area contributed by atoms with Crippen molar-refractivity contribution in [3.63, 3.8) is 0 Å². The number of rotatable bonds is 2. The summed E-state index contributed by atoms with van der Waals surface area (Å²) in [5, 5.41) is 3.25. The van der Waals surface area contributed by atoms with E-state index in [9.17, 15) is 0 Å². The standard InChI is InChI=1S/C18H24N2S/c1-17(2,3)14-8-6-13(7-9-14)15-12-21-16(20-15)18(19)10-4-5-11-18/h6-9,12H,4-5,10-11,19H2,1-3H3. The van der Waals surface area contributed by atoms with Crippen molar-refractivity contribution in [3.8, 4) is 11.3 Å². The van der Waals surface area contributed by atoms with E-state index in [0.29, 0.717) is 0 Å². The maximum absolute atomic E-state index is 6.50. The minimum atomic E-state index is -0.172. The van der Waals surface area contributed by atoms with Gasteiger partial charge < -0.3 is 5.73 Å². The van der Waals surface area contributed by atoms with Crippen LogP contribution in [-0.2, 0) is 11.0 Å². The molecule has 1 aliphatic rings. The van der Waals surface area contributed by atoms with Crippen LogP contribution in [0.2, 0.25) is 0 Å². The first-order valence-electron chi connectivity index (χ1n) is 7.74. The predicted molar refractivity (Wildman–Crippen MR) is 90.6 cm³/mol. The molecule has 21 heavy (non-hydrogen) atoms. The molecule has 1 fully saturated rings. The molecule has 0 unspecified atom stereocenters. The third-order valence-corrected chi connectivity index (χ3v) is 5.53. The Labute approximate surface area is 131 Å². The monoisotopic (exact) mass is 300 g/mol. The van der Waals surface area contributed by atoms with Crippen molar-refractivity contribution in [1.29, 1.82) is 0 Å². The Bertz CT molecular complexity index is 613. The quantitative estimate of drug-likeness (QED) is 0.862. The molecule has 2 N–H and O–H groups in total. The Morgan fingerprint density at radius 1 is 1.10 bits per heavy atom. The highest BCUT2D eigenvalue weighted by molar-refractivity contribution is 7.10. The highest BCUT2D eigenvalue weighted by atomic mass is 32.1. The van der Waals surface area contributed by atoms with Crippen LogP contribution < -0.4 is 5.73 Å². The van der Waals surface area contributed by atoms with Gasteiger partial charge in [0, 0.05) is 10.9 Å². The Hall–Kier alpha value is -1.19. The van der Waals surface area contributed by atoms with Gasteiger partial charge in [-0.3, -0.25) is 0 Å². The van der Waals surface area contributed by atoms with Gasteiger partial charge in [0.15, 0.2) is 0 Å². The normalized spacial score (nSPS) is 18.1. The van der Waals surface area contributed by atoms with Crippen molar-refractivity contribution in [1.82, 2.24) is 4.98 Å². The van der Waals surface area contributed by atoms with Gasteiger partial charge >= 0.3 is 0 Å². The molecule has 3 rings (SSSR count). The number of aromatic nitrogens is 1. The SMILES string of the molecule is CC(C)(C)c1ccc(-c2csc(C3(N)CCCC3)n2)cc1. The summed E-state index contributed by atoms with van der Waals surface area (Å²) in [4.78, 5) is 4.82. The molecule has 0 bridgehead atoms. The molecule has 1 heterocycles. The molecule has 3 heteroatoms. The van der Waals surface area contributed by atoms with Gasteiger partial charge in [-0.2, -0.15) is 0 Å². The second-order valence-corrected chi connectivity index (χ2v) is 8.09. The minimum absolute atomic E-state index is 0.172. The van der Waals surface area contributed by atoms with Crippen molar-refractivity contribution < 1.29 is 0 Å². The molecule has 0 aliphatic heterocycles. The lowest BCUT2D eigenvalue weighted by atomic mass is 9.86. The van der Waals surface area contributed by atoms with Crippen molar-refractivity contribution in [3.05, 3.63) is 40.2 Å². The van der Waals surface area contributed by atoms with Crippen LogP contribution in [0.3, 0.4) is 0 Å². The van der Waals surface area contributed by atoms with Crippen LogP contribution in [0.4, 0.5) is 0 Å². The molecule has 0 radical (unpaired) electrons. The second kappa shape index (κ2) is 5.22. The molecule has 2 aromatic rings. The van der Waals surface area contributed by atoms with Crippen LogP contribution in [-0.4, -0.2) is 4.98 Å². The molecule has 2 nitrogen and oxygen atoms in total. The van der Waals surface area contributed by atoms with Crippen LogP contribution in [0, 0.1) is 0 Å². The third kappa shape index (κ3) is 2.90. The summed E-state index contributed by atoms with van der Waals surface area (Å²) in [6, 6.07) is 8.78. The van der Waals surface area contributed by atoms with E-state index in [1.54, 1.807) is 11.3 Å². The van der Waals surface area contributed by atoms with E-state index in [1.807, 2.05) is 0 Å². The van der Waals surface area contributed by atoms with Crippen LogP contribution in [0.5, 0.6) is 0 Å². The van der Waals surface area contributed by atoms with Crippen LogP contribution in [0.25, 0.3) is 11.3 Å². The van der Waals surface area contributed by atoms with Crippen molar-refractivity contribution in [2.24, 2.45) is 5.73 Å². The van der Waals surface area contributed by atoms with Gasteiger partial charge in [0.05, 0.1) is 11.2 Å². The Morgan fingerprint density at radius 2 is 1.71 bits per heavy atom. The number of thiazole rings is 1. The fraction of sp³-hybridized carbons (Fsp3) is 0.500. The number of hydrogen-bond donors (Lipinski definition) is 1. The zero-order chi connectivity index (χ0) is 15.1. The summed E-state index contributed by atoms with van der Waals surface area (Å²) in [7, 11) is 0. The van der Waals surface area contributed by atoms with E-state index >= 15 is 0 Å². The molecular formula is C18H24N2S. The Balaban J connectivity index is 1.86. The lowest BCUT2D eigenvalue weighted by Gasteiger charge is -2.20. The van der Waals surface area contributed by atoms with Crippen molar-refractivity contribution >= 4 is 11.3 Å². The number of hydrogen-bond acceptors (Lipinski definition) is 3. The average Bonchev–Trinajstić information content (AvgIpc) is 3.07. The van der Waals surface area contributed by atoms with Crippen molar-refractivity contribution in [2.45, 2.75) is 57.4 Å². The highest BCUT2D eigenvalue weighted by Crippen LogP contribution is 2.39. The first-order valence-corrected chi connectivity index (χ1v) is 8.62. The second-order valence-electron chi connectivity index (χ2n) is 7.23. The molecule has 0 spiro atoms. The summed E-state index contributed by atoms with van der Waals surface area (Å²) in [5.74, 6) is 0. The highest BCUT2D eigenvalue weighted by Gasteiger charge is 2.34. The maximum atomic E-state index is 6.50. The van der Waals surface area contributed by atoms with Crippen LogP contribution >= 0.6 is 11.3 Å². The lowest BCUT2D eigenvalue weighted by molar-refractivity contribution is 0.459. The van der Waals surface area contributed by atoms with Crippen molar-refractivity contribution in [2.75, 3.05) is 0 Å². The molecule has 1 aliphatic carbocycles. The Morgan fingerprint density at radius 3 is 2.29 bits per heavy atom. The molecule has 1 aromatic carbocycles. The van der Waals surface area contributed by atoms with E-state index < -0.39 is 0 Å². The Kier molecular flexibility index (Phi) is 3.66. The topological polar surface area (TPSA) is 38.9 Å². The van der Waals surface area contributed by atoms with Crippen LogP contribution in [0.1, 0.15) is 57.0 Å². The molecular weight excluding hydrogens is 276 g/mol. The minimum Gasteiger partial charge on any atom is -0.319 e. The molecule has 0 saturated heterocycles. The average molecular weight is 300 g/mol. The van der Waals surface area contributed by atoms with E-state index in [0.717, 1.165) is 23.5 Å². The lowest BCUT2D eigenvalue weighted by Crippen LogP contribution is -2.32. The molecule has 0 atom stereocenters. The number of nitrogens with two attached hydrogens (primary N) is 1. The first-order chi connectivity index (χ1) is 9.88. The van der Waals surface area contributed by atoms with Crippen LogP contribution in [0.15, 0.2) is 29.6 Å². The van der Waals surface area contributed by atoms with Gasteiger partial charge in [0.1, 0.15) is 5.01 Å². The summed E-state index contributed by atoms with van der Waals surface area (Å²) in [5.41, 5.74) is 10.1. The largest absolute Gasteiger partial charge is 0.319 e. The summed E-state index contributed by atoms with van der Waals surface area (Å²) in [6.45, 7) is 6.71. The van der Waals surface area contributed by atoms with Gasteiger partial charge in [-0.15, -0.1) is 11.3 Å². The zero-order valence-corrected chi connectivity index (χ0v) is 14.0. The van der Waals surface area contributed by atoms with Gasteiger partial charge in [-0.25, -0.2) is 4.98 Å². The molecule has 1 saturated carbocycles. The van der Waals surface area contributed by atoms with Gasteiger partial charge in [0.25, 0.3) is 0 Å². The summed E-state index contributed by atoms with van der Waals surface area (Å²) < 4.78 is 0. The van der Waals surface area contributed by atoms with E-state index in [4.69, 9.17) is 10.7 Å². The van der Waals surface area contributed by atoms with E-state index in [-0.39, 0.29) is 11.0 Å². The van der Waals surface area contributed by atoms with Gasteiger partial charge in [-0.1, -0.05) is 57.9 Å².